The molecule has 4 rings (SSSR count). The van der Waals surface area contributed by atoms with Gasteiger partial charge in [0.15, 0.2) is 5.82 Å². The van der Waals surface area contributed by atoms with Gasteiger partial charge >= 0.3 is 0 Å². The van der Waals surface area contributed by atoms with Crippen molar-refractivity contribution in [2.75, 3.05) is 23.3 Å². The molecule has 0 spiro atoms. The Hall–Kier alpha value is -3.21. The van der Waals surface area contributed by atoms with E-state index in [4.69, 9.17) is 0 Å². The molecule has 1 aromatic heterocycles. The summed E-state index contributed by atoms with van der Waals surface area (Å²) in [5.74, 6) is 0.847. The number of aryl methyl sites for hydroxylation is 2. The number of anilines is 2. The third-order valence-corrected chi connectivity index (χ3v) is 5.43. The summed E-state index contributed by atoms with van der Waals surface area (Å²) in [6.45, 7) is 5.67. The number of piperidine rings is 1. The Bertz CT molecular complexity index is 965. The minimum atomic E-state index is -0.0522. The summed E-state index contributed by atoms with van der Waals surface area (Å²) in [7, 11) is 0. The Labute approximate surface area is 171 Å². The number of hydrogen-bond acceptors (Lipinski definition) is 4. The molecular weight excluding hydrogens is 360 g/mol. The van der Waals surface area contributed by atoms with E-state index in [1.807, 2.05) is 43.3 Å². The van der Waals surface area contributed by atoms with Crippen LogP contribution in [0.4, 0.5) is 11.5 Å². The second-order valence-corrected chi connectivity index (χ2v) is 7.78. The van der Waals surface area contributed by atoms with Crippen LogP contribution in [-0.4, -0.2) is 29.2 Å². The Morgan fingerprint density at radius 3 is 2.28 bits per heavy atom. The SMILES string of the molecule is Cc1ccc(NC(=O)C2CCCN(c3ccc(-c4ccc(C)cc4)nn3)C2)cc1. The Morgan fingerprint density at radius 1 is 0.931 bits per heavy atom. The molecule has 1 fully saturated rings. The highest BCUT2D eigenvalue weighted by Crippen LogP contribution is 2.24. The number of aromatic nitrogens is 2. The van der Waals surface area contributed by atoms with Crippen molar-refractivity contribution >= 4 is 17.4 Å². The maximum absolute atomic E-state index is 12.7. The summed E-state index contributed by atoms with van der Waals surface area (Å²) in [6.07, 6.45) is 1.86. The Balaban J connectivity index is 1.41. The van der Waals surface area contributed by atoms with Gasteiger partial charge in [-0.1, -0.05) is 47.5 Å². The molecule has 148 valence electrons. The van der Waals surface area contributed by atoms with Crippen LogP contribution in [0.2, 0.25) is 0 Å². The zero-order chi connectivity index (χ0) is 20.2. The average Bonchev–Trinajstić information content (AvgIpc) is 2.76. The van der Waals surface area contributed by atoms with Crippen molar-refractivity contribution in [3.8, 4) is 11.3 Å². The molecule has 1 N–H and O–H groups in total. The van der Waals surface area contributed by atoms with Crippen molar-refractivity contribution in [2.24, 2.45) is 5.92 Å². The zero-order valence-corrected chi connectivity index (χ0v) is 16.9. The topological polar surface area (TPSA) is 58.1 Å². The maximum Gasteiger partial charge on any atom is 0.229 e. The predicted molar refractivity (Wildman–Crippen MR) is 117 cm³/mol. The fraction of sp³-hybridized carbons (Fsp3) is 0.292. The van der Waals surface area contributed by atoms with Gasteiger partial charge in [0.25, 0.3) is 0 Å². The second kappa shape index (κ2) is 8.43. The molecule has 0 bridgehead atoms. The van der Waals surface area contributed by atoms with E-state index in [9.17, 15) is 4.79 Å². The molecule has 29 heavy (non-hydrogen) atoms. The van der Waals surface area contributed by atoms with Crippen LogP contribution in [-0.2, 0) is 4.79 Å². The van der Waals surface area contributed by atoms with E-state index in [0.29, 0.717) is 6.54 Å². The van der Waals surface area contributed by atoms with Gasteiger partial charge in [-0.3, -0.25) is 4.79 Å². The van der Waals surface area contributed by atoms with Crippen LogP contribution in [0.15, 0.2) is 60.7 Å². The fourth-order valence-corrected chi connectivity index (χ4v) is 3.65. The highest BCUT2D eigenvalue weighted by Gasteiger charge is 2.26. The van der Waals surface area contributed by atoms with E-state index in [1.165, 1.54) is 11.1 Å². The number of benzene rings is 2. The van der Waals surface area contributed by atoms with Crippen LogP contribution < -0.4 is 10.2 Å². The van der Waals surface area contributed by atoms with Crippen LogP contribution >= 0.6 is 0 Å². The standard InChI is InChI=1S/C24H26N4O/c1-17-5-9-19(10-6-17)22-13-14-23(27-26-22)28-15-3-4-20(16-28)24(29)25-21-11-7-18(2)8-12-21/h5-14,20H,3-4,15-16H2,1-2H3,(H,25,29). The number of nitrogens with one attached hydrogen (secondary N) is 1. The van der Waals surface area contributed by atoms with Crippen molar-refractivity contribution in [1.82, 2.24) is 10.2 Å². The lowest BCUT2D eigenvalue weighted by atomic mass is 9.97. The lowest BCUT2D eigenvalue weighted by molar-refractivity contribution is -0.120. The van der Waals surface area contributed by atoms with Gasteiger partial charge in [0.1, 0.15) is 0 Å². The zero-order valence-electron chi connectivity index (χ0n) is 16.9. The normalized spacial score (nSPS) is 16.5. The molecule has 2 aromatic carbocycles. The highest BCUT2D eigenvalue weighted by molar-refractivity contribution is 5.93. The molecule has 1 atom stereocenters. The van der Waals surface area contributed by atoms with Crippen molar-refractivity contribution in [1.29, 1.82) is 0 Å². The maximum atomic E-state index is 12.7. The predicted octanol–water partition coefficient (Wildman–Crippen LogP) is 4.62. The van der Waals surface area contributed by atoms with Crippen LogP contribution in [0.1, 0.15) is 24.0 Å². The fourth-order valence-electron chi connectivity index (χ4n) is 3.65. The molecule has 2 heterocycles. The van der Waals surface area contributed by atoms with E-state index < -0.39 is 0 Å². The van der Waals surface area contributed by atoms with Crippen molar-refractivity contribution in [2.45, 2.75) is 26.7 Å². The summed E-state index contributed by atoms with van der Waals surface area (Å²) in [4.78, 5) is 14.9. The minimum absolute atomic E-state index is 0.0522. The number of carbonyl (C=O) groups is 1. The minimum Gasteiger partial charge on any atom is -0.354 e. The summed E-state index contributed by atoms with van der Waals surface area (Å²) < 4.78 is 0. The van der Waals surface area contributed by atoms with Crippen LogP contribution in [0, 0.1) is 19.8 Å². The molecule has 1 aliphatic rings. The van der Waals surface area contributed by atoms with Gasteiger partial charge < -0.3 is 10.2 Å². The summed E-state index contributed by atoms with van der Waals surface area (Å²) in [5.41, 5.74) is 5.17. The van der Waals surface area contributed by atoms with Crippen molar-refractivity contribution < 1.29 is 4.79 Å². The third kappa shape index (κ3) is 4.62. The largest absolute Gasteiger partial charge is 0.354 e. The number of amides is 1. The molecule has 5 heteroatoms. The van der Waals surface area contributed by atoms with Gasteiger partial charge in [-0.05, 0) is 51.0 Å². The first-order valence-corrected chi connectivity index (χ1v) is 10.1. The van der Waals surface area contributed by atoms with Gasteiger partial charge in [-0.2, -0.15) is 0 Å². The van der Waals surface area contributed by atoms with E-state index in [2.05, 4.69) is 51.6 Å². The summed E-state index contributed by atoms with van der Waals surface area (Å²) in [6, 6.07) is 20.2. The Kier molecular flexibility index (Phi) is 5.56. The van der Waals surface area contributed by atoms with Crippen LogP contribution in [0.25, 0.3) is 11.3 Å². The molecule has 0 radical (unpaired) electrons. The number of rotatable bonds is 4. The molecule has 1 unspecified atom stereocenters. The van der Waals surface area contributed by atoms with Gasteiger partial charge in [0.2, 0.25) is 5.91 Å². The van der Waals surface area contributed by atoms with E-state index in [-0.39, 0.29) is 11.8 Å². The lowest BCUT2D eigenvalue weighted by Crippen LogP contribution is -2.41. The molecule has 5 nitrogen and oxygen atoms in total. The number of carbonyl (C=O) groups excluding carboxylic acids is 1. The van der Waals surface area contributed by atoms with E-state index in [0.717, 1.165) is 42.1 Å². The first-order valence-electron chi connectivity index (χ1n) is 10.1. The third-order valence-electron chi connectivity index (χ3n) is 5.43. The van der Waals surface area contributed by atoms with E-state index in [1.54, 1.807) is 0 Å². The van der Waals surface area contributed by atoms with Gasteiger partial charge in [-0.25, -0.2) is 0 Å². The molecule has 0 aliphatic carbocycles. The molecule has 1 amide bonds. The van der Waals surface area contributed by atoms with Crippen LogP contribution in [0.5, 0.6) is 0 Å². The van der Waals surface area contributed by atoms with Gasteiger partial charge in [-0.15, -0.1) is 10.2 Å². The molecule has 0 saturated carbocycles. The van der Waals surface area contributed by atoms with Gasteiger partial charge in [0, 0.05) is 24.3 Å². The first kappa shape index (κ1) is 19.1. The van der Waals surface area contributed by atoms with Crippen LogP contribution in [0.3, 0.4) is 0 Å². The van der Waals surface area contributed by atoms with Gasteiger partial charge in [0.05, 0.1) is 11.6 Å². The number of nitrogens with zero attached hydrogens (tertiary/aromatic N) is 3. The highest BCUT2D eigenvalue weighted by atomic mass is 16.1. The molecular formula is C24H26N4O. The first-order chi connectivity index (χ1) is 14.1. The molecule has 3 aromatic rings. The quantitative estimate of drug-likeness (QED) is 0.711. The summed E-state index contributed by atoms with van der Waals surface area (Å²) >= 11 is 0. The smallest absolute Gasteiger partial charge is 0.229 e. The molecule has 1 saturated heterocycles. The summed E-state index contributed by atoms with van der Waals surface area (Å²) in [5, 5.41) is 11.9. The average molecular weight is 386 g/mol. The van der Waals surface area contributed by atoms with Crippen molar-refractivity contribution in [3.63, 3.8) is 0 Å². The second-order valence-electron chi connectivity index (χ2n) is 7.78. The lowest BCUT2D eigenvalue weighted by Gasteiger charge is -2.32. The van der Waals surface area contributed by atoms with Crippen molar-refractivity contribution in [3.05, 3.63) is 71.8 Å². The van der Waals surface area contributed by atoms with E-state index >= 15 is 0 Å². The Morgan fingerprint density at radius 2 is 1.62 bits per heavy atom. The molecule has 1 aliphatic heterocycles. The number of hydrogen-bond donors (Lipinski definition) is 1. The monoisotopic (exact) mass is 386 g/mol.